The number of halogens is 1. The Labute approximate surface area is 140 Å². The molecule has 1 fully saturated rings. The second-order valence-corrected chi connectivity index (χ2v) is 6.96. The van der Waals surface area contributed by atoms with E-state index in [1.165, 1.54) is 6.07 Å². The number of aromatic nitrogens is 1. The Bertz CT molecular complexity index is 626. The van der Waals surface area contributed by atoms with Crippen molar-refractivity contribution in [3.05, 3.63) is 47.6 Å². The molecule has 1 aliphatic heterocycles. The molecule has 0 bridgehead atoms. The predicted molar refractivity (Wildman–Crippen MR) is 90.1 cm³/mol. The normalized spacial score (nSPS) is 16.8. The highest BCUT2D eigenvalue weighted by Crippen LogP contribution is 2.21. The summed E-state index contributed by atoms with van der Waals surface area (Å²) in [7, 11) is 0. The van der Waals surface area contributed by atoms with E-state index in [2.05, 4.69) is 15.0 Å². The smallest absolute Gasteiger partial charge is 0.136 e. The Kier molecular flexibility index (Phi) is 5.70. The van der Waals surface area contributed by atoms with Crippen LogP contribution in [0.5, 0.6) is 0 Å². The molecule has 2 heterocycles. The molecule has 1 saturated heterocycles. The molecule has 23 heavy (non-hydrogen) atoms. The zero-order chi connectivity index (χ0) is 16.1. The third-order valence-corrected chi connectivity index (χ3v) is 5.06. The van der Waals surface area contributed by atoms with Gasteiger partial charge in [-0.25, -0.2) is 4.39 Å². The number of nitrogens with zero attached hydrogens (tertiary/aromatic N) is 3. The van der Waals surface area contributed by atoms with Gasteiger partial charge in [0.05, 0.1) is 5.69 Å². The van der Waals surface area contributed by atoms with Crippen molar-refractivity contribution in [2.75, 3.05) is 38.5 Å². The van der Waals surface area contributed by atoms with E-state index in [-0.39, 0.29) is 5.82 Å². The molecule has 124 valence electrons. The van der Waals surface area contributed by atoms with Crippen LogP contribution in [0.15, 0.2) is 39.8 Å². The topological polar surface area (TPSA) is 32.5 Å². The lowest BCUT2D eigenvalue weighted by molar-refractivity contribution is 0.130. The number of benzene rings is 1. The number of thioether (sulfide) groups is 1. The van der Waals surface area contributed by atoms with Crippen molar-refractivity contribution >= 4 is 11.8 Å². The van der Waals surface area contributed by atoms with Crippen LogP contribution in [0.2, 0.25) is 0 Å². The minimum atomic E-state index is -0.120. The van der Waals surface area contributed by atoms with Crippen molar-refractivity contribution in [1.29, 1.82) is 0 Å². The minimum absolute atomic E-state index is 0.120. The molecule has 1 aromatic carbocycles. The summed E-state index contributed by atoms with van der Waals surface area (Å²) in [5.74, 6) is 1.66. The summed E-state index contributed by atoms with van der Waals surface area (Å²) < 4.78 is 18.7. The fourth-order valence-electron chi connectivity index (χ4n) is 2.74. The van der Waals surface area contributed by atoms with Gasteiger partial charge in [-0.05, 0) is 19.1 Å². The highest BCUT2D eigenvalue weighted by molar-refractivity contribution is 7.99. The summed E-state index contributed by atoms with van der Waals surface area (Å²) >= 11 is 1.59. The molecule has 6 heteroatoms. The second-order valence-electron chi connectivity index (χ2n) is 5.83. The van der Waals surface area contributed by atoms with Crippen molar-refractivity contribution in [1.82, 2.24) is 15.0 Å². The van der Waals surface area contributed by atoms with Gasteiger partial charge in [-0.3, -0.25) is 9.80 Å². The van der Waals surface area contributed by atoms with Crippen LogP contribution in [0, 0.1) is 12.7 Å². The lowest BCUT2D eigenvalue weighted by atomic mass is 10.3. The van der Waals surface area contributed by atoms with Gasteiger partial charge in [-0.2, -0.15) is 0 Å². The van der Waals surface area contributed by atoms with Gasteiger partial charge in [-0.1, -0.05) is 17.3 Å². The first kappa shape index (κ1) is 16.5. The van der Waals surface area contributed by atoms with Gasteiger partial charge in [0.2, 0.25) is 0 Å². The summed E-state index contributed by atoms with van der Waals surface area (Å²) in [6.45, 7) is 7.95. The number of hydrogen-bond donors (Lipinski definition) is 0. The largest absolute Gasteiger partial charge is 0.361 e. The Hall–Kier alpha value is -1.37. The van der Waals surface area contributed by atoms with Crippen molar-refractivity contribution in [2.45, 2.75) is 18.4 Å². The van der Waals surface area contributed by atoms with Crippen LogP contribution in [0.1, 0.15) is 11.5 Å². The van der Waals surface area contributed by atoms with Gasteiger partial charge >= 0.3 is 0 Å². The first-order valence-electron chi connectivity index (χ1n) is 7.95. The van der Waals surface area contributed by atoms with Crippen LogP contribution in [0.4, 0.5) is 4.39 Å². The summed E-state index contributed by atoms with van der Waals surface area (Å²) in [5, 5.41) is 4.05. The van der Waals surface area contributed by atoms with Crippen LogP contribution in [0.25, 0.3) is 0 Å². The molecule has 0 radical (unpaired) electrons. The van der Waals surface area contributed by atoms with Crippen molar-refractivity contribution in [3.8, 4) is 0 Å². The van der Waals surface area contributed by atoms with Crippen molar-refractivity contribution in [3.63, 3.8) is 0 Å². The van der Waals surface area contributed by atoms with E-state index < -0.39 is 0 Å². The third-order valence-electron chi connectivity index (χ3n) is 4.03. The Balaban J connectivity index is 1.37. The van der Waals surface area contributed by atoms with Gasteiger partial charge in [0.25, 0.3) is 0 Å². The number of aryl methyl sites for hydroxylation is 1. The quantitative estimate of drug-likeness (QED) is 0.758. The van der Waals surface area contributed by atoms with Crippen LogP contribution >= 0.6 is 11.8 Å². The molecule has 0 amide bonds. The van der Waals surface area contributed by atoms with E-state index in [0.29, 0.717) is 0 Å². The average molecular weight is 335 g/mol. The molecule has 1 aromatic heterocycles. The maximum atomic E-state index is 13.6. The van der Waals surface area contributed by atoms with E-state index in [4.69, 9.17) is 4.52 Å². The predicted octanol–water partition coefficient (Wildman–Crippen LogP) is 3.03. The Morgan fingerprint density at radius 3 is 2.61 bits per heavy atom. The molecule has 0 aliphatic carbocycles. The van der Waals surface area contributed by atoms with Crippen molar-refractivity contribution in [2.24, 2.45) is 0 Å². The fraction of sp³-hybridized carbons (Fsp3) is 0.471. The first-order chi connectivity index (χ1) is 11.2. The summed E-state index contributed by atoms with van der Waals surface area (Å²) in [5.41, 5.74) is 1.01. The van der Waals surface area contributed by atoms with Gasteiger partial charge < -0.3 is 4.52 Å². The average Bonchev–Trinajstić information content (AvgIpc) is 2.96. The maximum Gasteiger partial charge on any atom is 0.136 e. The number of hydrogen-bond acceptors (Lipinski definition) is 5. The first-order valence-corrected chi connectivity index (χ1v) is 8.93. The van der Waals surface area contributed by atoms with Crippen LogP contribution in [-0.4, -0.2) is 53.4 Å². The molecular formula is C17H22FN3OS. The monoisotopic (exact) mass is 335 g/mol. The maximum absolute atomic E-state index is 13.6. The van der Waals surface area contributed by atoms with Gasteiger partial charge in [-0.15, -0.1) is 11.8 Å². The standard InChI is InChI=1S/C17H22FN3OS/c1-14-12-15(19-22-14)13-21-8-6-20(7-9-21)10-11-23-17-5-3-2-4-16(17)18/h2-5,12H,6-11,13H2,1H3. The van der Waals surface area contributed by atoms with E-state index in [9.17, 15) is 4.39 Å². The second kappa shape index (κ2) is 7.95. The number of piperazine rings is 1. The number of rotatable bonds is 6. The zero-order valence-electron chi connectivity index (χ0n) is 13.4. The van der Waals surface area contributed by atoms with E-state index in [1.54, 1.807) is 17.8 Å². The zero-order valence-corrected chi connectivity index (χ0v) is 14.2. The van der Waals surface area contributed by atoms with E-state index >= 15 is 0 Å². The molecule has 1 aliphatic rings. The molecule has 0 unspecified atom stereocenters. The molecule has 4 nitrogen and oxygen atoms in total. The fourth-order valence-corrected chi connectivity index (χ4v) is 3.69. The summed E-state index contributed by atoms with van der Waals surface area (Å²) in [6, 6.07) is 8.98. The van der Waals surface area contributed by atoms with E-state index in [0.717, 1.165) is 61.4 Å². The molecular weight excluding hydrogens is 313 g/mol. The lowest BCUT2D eigenvalue weighted by Gasteiger charge is -2.34. The van der Waals surface area contributed by atoms with Crippen LogP contribution in [0.3, 0.4) is 0 Å². The van der Waals surface area contributed by atoms with Crippen LogP contribution < -0.4 is 0 Å². The van der Waals surface area contributed by atoms with Gasteiger partial charge in [0.1, 0.15) is 11.6 Å². The Morgan fingerprint density at radius 1 is 1.17 bits per heavy atom. The summed E-state index contributed by atoms with van der Waals surface area (Å²) in [4.78, 5) is 5.59. The minimum Gasteiger partial charge on any atom is -0.361 e. The SMILES string of the molecule is Cc1cc(CN2CCN(CCSc3ccccc3F)CC2)no1. The highest BCUT2D eigenvalue weighted by atomic mass is 32.2. The van der Waals surface area contributed by atoms with Crippen LogP contribution in [-0.2, 0) is 6.54 Å². The summed E-state index contributed by atoms with van der Waals surface area (Å²) in [6.07, 6.45) is 0. The molecule has 0 N–H and O–H groups in total. The van der Waals surface area contributed by atoms with E-state index in [1.807, 2.05) is 25.1 Å². The van der Waals surface area contributed by atoms with Gasteiger partial charge in [0, 0.05) is 56.0 Å². The molecule has 0 spiro atoms. The lowest BCUT2D eigenvalue weighted by Crippen LogP contribution is -2.46. The molecule has 3 rings (SSSR count). The molecule has 2 aromatic rings. The molecule has 0 saturated carbocycles. The highest BCUT2D eigenvalue weighted by Gasteiger charge is 2.17. The molecule has 0 atom stereocenters. The third kappa shape index (κ3) is 4.80. The van der Waals surface area contributed by atoms with Crippen molar-refractivity contribution < 1.29 is 8.91 Å². The Morgan fingerprint density at radius 2 is 1.91 bits per heavy atom. The van der Waals surface area contributed by atoms with Gasteiger partial charge in [0.15, 0.2) is 0 Å².